The van der Waals surface area contributed by atoms with Crippen LogP contribution in [0.15, 0.2) is 22.7 Å². The van der Waals surface area contributed by atoms with Crippen molar-refractivity contribution in [1.29, 1.82) is 0 Å². The number of carboxylic acid groups (broad SMARTS) is 1. The van der Waals surface area contributed by atoms with E-state index in [2.05, 4.69) is 21.2 Å². The molecule has 0 heterocycles. The van der Waals surface area contributed by atoms with E-state index < -0.39 is 17.8 Å². The predicted octanol–water partition coefficient (Wildman–Crippen LogP) is 3.31. The minimum absolute atomic E-state index is 0.0891. The average molecular weight is 347 g/mol. The van der Waals surface area contributed by atoms with Crippen LogP contribution < -0.4 is 5.32 Å². The molecule has 0 aliphatic carbocycles. The fraction of sp³-hybridized carbons (Fsp3) is 0.385. The van der Waals surface area contributed by atoms with Crippen molar-refractivity contribution in [3.8, 4) is 0 Å². The summed E-state index contributed by atoms with van der Waals surface area (Å²) in [5, 5.41) is 11.2. The zero-order valence-corrected chi connectivity index (χ0v) is 12.8. The molecule has 2 amide bonds. The highest BCUT2D eigenvalue weighted by Crippen LogP contribution is 2.23. The number of hydrogen-bond acceptors (Lipinski definition) is 2. The summed E-state index contributed by atoms with van der Waals surface area (Å²) in [4.78, 5) is 24.1. The van der Waals surface area contributed by atoms with E-state index in [4.69, 9.17) is 5.11 Å². The summed E-state index contributed by atoms with van der Waals surface area (Å²) in [6.07, 6.45) is -0.143. The zero-order chi connectivity index (χ0) is 15.3. The number of carbonyl (C=O) groups is 2. The third-order valence-electron chi connectivity index (χ3n) is 2.62. The lowest BCUT2D eigenvalue weighted by atomic mass is 10.3. The van der Waals surface area contributed by atoms with E-state index in [1.807, 2.05) is 0 Å². The highest BCUT2D eigenvalue weighted by Gasteiger charge is 2.18. The molecule has 1 aromatic rings. The average Bonchev–Trinajstić information content (AvgIpc) is 2.33. The van der Waals surface area contributed by atoms with Crippen LogP contribution in [-0.4, -0.2) is 34.6 Å². The third-order valence-corrected chi connectivity index (χ3v) is 3.31. The fourth-order valence-corrected chi connectivity index (χ4v) is 1.94. The molecule has 110 valence electrons. The molecule has 0 aromatic heterocycles. The first-order valence-electron chi connectivity index (χ1n) is 6.05. The van der Waals surface area contributed by atoms with E-state index in [9.17, 15) is 14.0 Å². The number of aliphatic carboxylic acids is 1. The Morgan fingerprint density at radius 2 is 2.10 bits per heavy atom. The molecule has 2 N–H and O–H groups in total. The number of benzene rings is 1. The second-order valence-corrected chi connectivity index (χ2v) is 5.34. The summed E-state index contributed by atoms with van der Waals surface area (Å²) in [6, 6.07) is 3.32. The maximum absolute atomic E-state index is 13.1. The SMILES string of the molecule is CC(C)N(CCC(=O)O)C(=O)Nc1cc(F)ccc1Br. The maximum atomic E-state index is 13.1. The Bertz CT molecular complexity index is 508. The first-order valence-corrected chi connectivity index (χ1v) is 6.85. The molecule has 0 aliphatic rings. The first-order chi connectivity index (χ1) is 9.31. The Morgan fingerprint density at radius 1 is 1.45 bits per heavy atom. The van der Waals surface area contributed by atoms with Gasteiger partial charge in [-0.15, -0.1) is 0 Å². The van der Waals surface area contributed by atoms with Crippen LogP contribution in [0.25, 0.3) is 0 Å². The predicted molar refractivity (Wildman–Crippen MR) is 77.2 cm³/mol. The van der Waals surface area contributed by atoms with Gasteiger partial charge in [-0.1, -0.05) is 0 Å². The Labute approximate surface area is 124 Å². The van der Waals surface area contributed by atoms with Crippen LogP contribution in [0, 0.1) is 5.82 Å². The Balaban J connectivity index is 2.80. The van der Waals surface area contributed by atoms with Crippen molar-refractivity contribution in [2.45, 2.75) is 26.3 Å². The molecule has 0 aliphatic heterocycles. The Morgan fingerprint density at radius 3 is 2.65 bits per heavy atom. The van der Waals surface area contributed by atoms with Crippen LogP contribution in [0.5, 0.6) is 0 Å². The van der Waals surface area contributed by atoms with E-state index in [1.165, 1.54) is 23.1 Å². The molecule has 0 radical (unpaired) electrons. The van der Waals surface area contributed by atoms with Crippen LogP contribution in [0.4, 0.5) is 14.9 Å². The fourth-order valence-electron chi connectivity index (χ4n) is 1.59. The van der Waals surface area contributed by atoms with E-state index in [0.29, 0.717) is 10.2 Å². The molecular formula is C13H16BrFN2O3. The maximum Gasteiger partial charge on any atom is 0.322 e. The van der Waals surface area contributed by atoms with E-state index in [1.54, 1.807) is 13.8 Å². The van der Waals surface area contributed by atoms with Crippen molar-refractivity contribution in [1.82, 2.24) is 4.90 Å². The van der Waals surface area contributed by atoms with E-state index in [-0.39, 0.29) is 19.0 Å². The molecule has 0 unspecified atom stereocenters. The summed E-state index contributed by atoms with van der Waals surface area (Å²) in [5.74, 6) is -1.44. The van der Waals surface area contributed by atoms with Gasteiger partial charge in [0.1, 0.15) is 5.82 Å². The highest BCUT2D eigenvalue weighted by molar-refractivity contribution is 9.10. The molecule has 0 fully saturated rings. The Kier molecular flexibility index (Phi) is 5.94. The number of amides is 2. The molecule has 0 spiro atoms. The van der Waals surface area contributed by atoms with Gasteiger partial charge in [0, 0.05) is 17.1 Å². The van der Waals surface area contributed by atoms with Gasteiger partial charge in [0.25, 0.3) is 0 Å². The van der Waals surface area contributed by atoms with Crippen molar-refractivity contribution < 1.29 is 19.1 Å². The zero-order valence-electron chi connectivity index (χ0n) is 11.2. The minimum atomic E-state index is -0.976. The number of carbonyl (C=O) groups excluding carboxylic acids is 1. The van der Waals surface area contributed by atoms with Gasteiger partial charge >= 0.3 is 12.0 Å². The van der Waals surface area contributed by atoms with Crippen LogP contribution in [0.1, 0.15) is 20.3 Å². The summed E-state index contributed by atoms with van der Waals surface area (Å²) in [5.41, 5.74) is 0.302. The lowest BCUT2D eigenvalue weighted by Gasteiger charge is -2.26. The smallest absolute Gasteiger partial charge is 0.322 e. The molecule has 1 aromatic carbocycles. The number of hydrogen-bond donors (Lipinski definition) is 2. The molecule has 20 heavy (non-hydrogen) atoms. The molecule has 1 rings (SSSR count). The highest BCUT2D eigenvalue weighted by atomic mass is 79.9. The van der Waals surface area contributed by atoms with Gasteiger partial charge in [0.15, 0.2) is 0 Å². The molecule has 7 heteroatoms. The van der Waals surface area contributed by atoms with Gasteiger partial charge < -0.3 is 15.3 Å². The number of nitrogens with zero attached hydrogens (tertiary/aromatic N) is 1. The van der Waals surface area contributed by atoms with Gasteiger partial charge in [-0.25, -0.2) is 9.18 Å². The van der Waals surface area contributed by atoms with Crippen LogP contribution in [0.2, 0.25) is 0 Å². The molecule has 0 bridgehead atoms. The van der Waals surface area contributed by atoms with Crippen LogP contribution >= 0.6 is 15.9 Å². The number of halogens is 2. The minimum Gasteiger partial charge on any atom is -0.481 e. The van der Waals surface area contributed by atoms with Crippen LogP contribution in [0.3, 0.4) is 0 Å². The topological polar surface area (TPSA) is 69.6 Å². The van der Waals surface area contributed by atoms with Crippen molar-refractivity contribution >= 4 is 33.6 Å². The number of carboxylic acids is 1. The van der Waals surface area contributed by atoms with Gasteiger partial charge in [-0.2, -0.15) is 0 Å². The normalized spacial score (nSPS) is 10.4. The van der Waals surface area contributed by atoms with Gasteiger partial charge in [-0.3, -0.25) is 4.79 Å². The molecule has 5 nitrogen and oxygen atoms in total. The summed E-state index contributed by atoms with van der Waals surface area (Å²) >= 11 is 3.21. The van der Waals surface area contributed by atoms with E-state index >= 15 is 0 Å². The Hall–Kier alpha value is -1.63. The number of anilines is 1. The number of urea groups is 1. The van der Waals surface area contributed by atoms with Gasteiger partial charge in [0.2, 0.25) is 0 Å². The lowest BCUT2D eigenvalue weighted by Crippen LogP contribution is -2.41. The number of nitrogens with one attached hydrogen (secondary N) is 1. The van der Waals surface area contributed by atoms with Crippen molar-refractivity contribution in [2.75, 3.05) is 11.9 Å². The lowest BCUT2D eigenvalue weighted by molar-refractivity contribution is -0.137. The molecule has 0 saturated carbocycles. The van der Waals surface area contributed by atoms with Crippen LogP contribution in [-0.2, 0) is 4.79 Å². The second-order valence-electron chi connectivity index (χ2n) is 4.49. The van der Waals surface area contributed by atoms with Gasteiger partial charge in [-0.05, 0) is 48.0 Å². The monoisotopic (exact) mass is 346 g/mol. The molecular weight excluding hydrogens is 331 g/mol. The van der Waals surface area contributed by atoms with Gasteiger partial charge in [0.05, 0.1) is 12.1 Å². The molecule has 0 atom stereocenters. The quantitative estimate of drug-likeness (QED) is 0.859. The first kappa shape index (κ1) is 16.4. The summed E-state index contributed by atoms with van der Waals surface area (Å²) in [7, 11) is 0. The second kappa shape index (κ2) is 7.23. The largest absolute Gasteiger partial charge is 0.481 e. The molecule has 0 saturated heterocycles. The third kappa shape index (κ3) is 4.80. The standard InChI is InChI=1S/C13H16BrFN2O3/c1-8(2)17(6-5-12(18)19)13(20)16-11-7-9(15)3-4-10(11)14/h3-4,7-8H,5-6H2,1-2H3,(H,16,20)(H,18,19). The van der Waals surface area contributed by atoms with Crippen molar-refractivity contribution in [3.63, 3.8) is 0 Å². The number of rotatable bonds is 5. The van der Waals surface area contributed by atoms with E-state index in [0.717, 1.165) is 0 Å². The van der Waals surface area contributed by atoms with Crippen molar-refractivity contribution in [3.05, 3.63) is 28.5 Å². The summed E-state index contributed by atoms with van der Waals surface area (Å²) in [6.45, 7) is 3.65. The summed E-state index contributed by atoms with van der Waals surface area (Å²) < 4.78 is 13.7. The van der Waals surface area contributed by atoms with Crippen molar-refractivity contribution in [2.24, 2.45) is 0 Å².